The van der Waals surface area contributed by atoms with Crippen LogP contribution in [0.5, 0.6) is 0 Å². The summed E-state index contributed by atoms with van der Waals surface area (Å²) in [5, 5.41) is -0.0398. The van der Waals surface area contributed by atoms with Crippen LogP contribution in [-0.4, -0.2) is 0 Å². The van der Waals surface area contributed by atoms with Gasteiger partial charge in [0.05, 0.1) is 5.38 Å². The van der Waals surface area contributed by atoms with E-state index in [-0.39, 0.29) is 11.2 Å². The predicted octanol–water partition coefficient (Wildman–Crippen LogP) is 4.06. The molecular formula is C10H9BrClF. The number of alkyl halides is 1. The van der Waals surface area contributed by atoms with Crippen molar-refractivity contribution in [2.24, 2.45) is 5.92 Å². The van der Waals surface area contributed by atoms with Crippen LogP contribution in [0.15, 0.2) is 16.6 Å². The molecule has 0 heterocycles. The Morgan fingerprint density at radius 2 is 2.23 bits per heavy atom. The molecule has 0 amide bonds. The van der Waals surface area contributed by atoms with Crippen molar-refractivity contribution in [3.63, 3.8) is 0 Å². The summed E-state index contributed by atoms with van der Waals surface area (Å²) in [6.07, 6.45) is 0.935. The zero-order chi connectivity index (χ0) is 9.59. The summed E-state index contributed by atoms with van der Waals surface area (Å²) in [7, 11) is 0. The van der Waals surface area contributed by atoms with E-state index in [0.29, 0.717) is 5.92 Å². The van der Waals surface area contributed by atoms with Crippen LogP contribution in [0.3, 0.4) is 0 Å². The third-order valence-corrected chi connectivity index (χ3v) is 3.89. The minimum Gasteiger partial charge on any atom is -0.207 e. The van der Waals surface area contributed by atoms with Gasteiger partial charge in [-0.15, -0.1) is 11.6 Å². The van der Waals surface area contributed by atoms with Crippen LogP contribution in [-0.2, 0) is 6.42 Å². The van der Waals surface area contributed by atoms with Crippen molar-refractivity contribution >= 4 is 27.5 Å². The molecule has 0 aromatic heterocycles. The maximum absolute atomic E-state index is 13.0. The van der Waals surface area contributed by atoms with Gasteiger partial charge in [-0.05, 0) is 35.6 Å². The first-order chi connectivity index (χ1) is 6.09. The summed E-state index contributed by atoms with van der Waals surface area (Å²) in [6, 6.07) is 3.04. The van der Waals surface area contributed by atoms with Crippen LogP contribution in [0.4, 0.5) is 4.39 Å². The molecule has 1 aromatic carbocycles. The van der Waals surface area contributed by atoms with E-state index in [1.807, 2.05) is 0 Å². The molecule has 0 fully saturated rings. The van der Waals surface area contributed by atoms with Crippen molar-refractivity contribution < 1.29 is 4.39 Å². The lowest BCUT2D eigenvalue weighted by molar-refractivity contribution is 0.604. The molecule has 3 heteroatoms. The van der Waals surface area contributed by atoms with Crippen molar-refractivity contribution in [2.45, 2.75) is 18.7 Å². The van der Waals surface area contributed by atoms with Gasteiger partial charge in [0.15, 0.2) is 0 Å². The lowest BCUT2D eigenvalue weighted by atomic mass is 10.1. The Kier molecular flexibility index (Phi) is 2.37. The van der Waals surface area contributed by atoms with Gasteiger partial charge in [-0.3, -0.25) is 0 Å². The van der Waals surface area contributed by atoms with E-state index in [9.17, 15) is 4.39 Å². The van der Waals surface area contributed by atoms with Crippen LogP contribution >= 0.6 is 27.5 Å². The molecule has 0 radical (unpaired) electrons. The number of halogens is 3. The summed E-state index contributed by atoms with van der Waals surface area (Å²) < 4.78 is 13.9. The summed E-state index contributed by atoms with van der Waals surface area (Å²) in [5.41, 5.74) is 2.11. The summed E-state index contributed by atoms with van der Waals surface area (Å²) in [5.74, 6) is 0.181. The van der Waals surface area contributed by atoms with E-state index in [4.69, 9.17) is 11.6 Å². The fourth-order valence-electron chi connectivity index (χ4n) is 1.82. The maximum atomic E-state index is 13.0. The van der Waals surface area contributed by atoms with Crippen LogP contribution in [0, 0.1) is 11.7 Å². The SMILES string of the molecule is CC1Cc2c(Br)cc(F)cc2C1Cl. The highest BCUT2D eigenvalue weighted by molar-refractivity contribution is 9.10. The summed E-state index contributed by atoms with van der Waals surface area (Å²) >= 11 is 9.50. The van der Waals surface area contributed by atoms with Gasteiger partial charge in [0.1, 0.15) is 5.82 Å². The smallest absolute Gasteiger partial charge is 0.124 e. The molecule has 0 N–H and O–H groups in total. The first-order valence-corrected chi connectivity index (χ1v) is 5.44. The molecule has 0 saturated carbocycles. The molecule has 13 heavy (non-hydrogen) atoms. The predicted molar refractivity (Wildman–Crippen MR) is 55.6 cm³/mol. The monoisotopic (exact) mass is 262 g/mol. The molecule has 0 saturated heterocycles. The van der Waals surface area contributed by atoms with Crippen LogP contribution in [0.25, 0.3) is 0 Å². The Hall–Kier alpha value is -0.0800. The molecule has 1 aromatic rings. The van der Waals surface area contributed by atoms with E-state index in [0.717, 1.165) is 22.0 Å². The zero-order valence-corrected chi connectivity index (χ0v) is 9.49. The highest BCUT2D eigenvalue weighted by Crippen LogP contribution is 2.43. The minimum absolute atomic E-state index is 0.0398. The largest absolute Gasteiger partial charge is 0.207 e. The zero-order valence-electron chi connectivity index (χ0n) is 7.15. The average molecular weight is 264 g/mol. The van der Waals surface area contributed by atoms with E-state index in [2.05, 4.69) is 22.9 Å². The van der Waals surface area contributed by atoms with E-state index in [1.165, 1.54) is 6.07 Å². The Balaban J connectivity index is 2.57. The van der Waals surface area contributed by atoms with Crippen molar-refractivity contribution in [1.29, 1.82) is 0 Å². The Labute approximate surface area is 90.2 Å². The molecule has 1 aliphatic rings. The van der Waals surface area contributed by atoms with Crippen LogP contribution in [0.2, 0.25) is 0 Å². The molecular weight excluding hydrogens is 254 g/mol. The summed E-state index contributed by atoms with van der Waals surface area (Å²) in [4.78, 5) is 0. The minimum atomic E-state index is -0.217. The number of benzene rings is 1. The average Bonchev–Trinajstić information content (AvgIpc) is 2.32. The lowest BCUT2D eigenvalue weighted by Gasteiger charge is -2.06. The first kappa shape index (κ1) is 9.47. The molecule has 1 aliphatic carbocycles. The van der Waals surface area contributed by atoms with Gasteiger partial charge >= 0.3 is 0 Å². The second-order valence-corrected chi connectivity index (χ2v) is 4.86. The highest BCUT2D eigenvalue weighted by atomic mass is 79.9. The molecule has 70 valence electrons. The van der Waals surface area contributed by atoms with E-state index >= 15 is 0 Å². The van der Waals surface area contributed by atoms with E-state index in [1.54, 1.807) is 6.07 Å². The van der Waals surface area contributed by atoms with Gasteiger partial charge in [-0.2, -0.15) is 0 Å². The number of rotatable bonds is 0. The van der Waals surface area contributed by atoms with Gasteiger partial charge in [0.2, 0.25) is 0 Å². The highest BCUT2D eigenvalue weighted by Gasteiger charge is 2.29. The third kappa shape index (κ3) is 1.50. The van der Waals surface area contributed by atoms with Crippen LogP contribution in [0.1, 0.15) is 23.4 Å². The molecule has 0 spiro atoms. The van der Waals surface area contributed by atoms with Crippen molar-refractivity contribution in [3.05, 3.63) is 33.5 Å². The standard InChI is InChI=1S/C10H9BrClF/c1-5-2-7-8(10(5)12)3-6(13)4-9(7)11/h3-5,10H,2H2,1H3. The van der Waals surface area contributed by atoms with Gasteiger partial charge in [0.25, 0.3) is 0 Å². The van der Waals surface area contributed by atoms with Crippen LogP contribution < -0.4 is 0 Å². The second kappa shape index (κ2) is 3.25. The van der Waals surface area contributed by atoms with Gasteiger partial charge < -0.3 is 0 Å². The first-order valence-electron chi connectivity index (χ1n) is 4.21. The van der Waals surface area contributed by atoms with Crippen molar-refractivity contribution in [3.8, 4) is 0 Å². The van der Waals surface area contributed by atoms with Crippen molar-refractivity contribution in [1.82, 2.24) is 0 Å². The number of hydrogen-bond acceptors (Lipinski definition) is 0. The molecule has 2 unspecified atom stereocenters. The summed E-state index contributed by atoms with van der Waals surface area (Å²) in [6.45, 7) is 2.09. The molecule has 0 bridgehead atoms. The topological polar surface area (TPSA) is 0 Å². The Morgan fingerprint density at radius 3 is 2.92 bits per heavy atom. The van der Waals surface area contributed by atoms with Gasteiger partial charge in [-0.25, -0.2) is 4.39 Å². The quantitative estimate of drug-likeness (QED) is 0.619. The lowest BCUT2D eigenvalue weighted by Crippen LogP contribution is -1.94. The molecule has 2 atom stereocenters. The molecule has 0 aliphatic heterocycles. The molecule has 0 nitrogen and oxygen atoms in total. The second-order valence-electron chi connectivity index (χ2n) is 3.54. The third-order valence-electron chi connectivity index (χ3n) is 2.52. The number of hydrogen-bond donors (Lipinski definition) is 0. The fourth-order valence-corrected chi connectivity index (χ4v) is 2.71. The number of fused-ring (bicyclic) bond motifs is 1. The van der Waals surface area contributed by atoms with E-state index < -0.39 is 0 Å². The van der Waals surface area contributed by atoms with Crippen molar-refractivity contribution in [2.75, 3.05) is 0 Å². The maximum Gasteiger partial charge on any atom is 0.124 e. The normalized spacial score (nSPS) is 26.2. The Bertz CT molecular complexity index is 351. The molecule has 2 rings (SSSR count). The van der Waals surface area contributed by atoms with Gasteiger partial charge in [0, 0.05) is 4.47 Å². The fraction of sp³-hybridized carbons (Fsp3) is 0.400. The van der Waals surface area contributed by atoms with Gasteiger partial charge in [-0.1, -0.05) is 22.9 Å². The Morgan fingerprint density at radius 1 is 1.54 bits per heavy atom.